The van der Waals surface area contributed by atoms with Crippen molar-refractivity contribution in [2.24, 2.45) is 5.92 Å². The van der Waals surface area contributed by atoms with Crippen LogP contribution in [0.2, 0.25) is 5.15 Å². The van der Waals surface area contributed by atoms with Crippen molar-refractivity contribution in [3.05, 3.63) is 52.3 Å². The minimum Gasteiger partial charge on any atom is -0.469 e. The zero-order chi connectivity index (χ0) is 18.4. The Balaban J connectivity index is 2.12. The van der Waals surface area contributed by atoms with Crippen LogP contribution in [-0.4, -0.2) is 40.8 Å². The van der Waals surface area contributed by atoms with E-state index in [9.17, 15) is 4.79 Å². The van der Waals surface area contributed by atoms with Crippen LogP contribution >= 0.6 is 11.6 Å². The standard InChI is InChI=1S/C19H26ClN3O2/c1-5-22(11-14(2)19(24)25-4)13-17-15(3)21-23(18(17)20)12-16-9-7-6-8-10-16/h6-10,14H,5,11-13H2,1-4H3. The Bertz CT molecular complexity index is 700. The minimum absolute atomic E-state index is 0.177. The third-order valence-electron chi connectivity index (χ3n) is 4.32. The Morgan fingerprint density at radius 3 is 2.64 bits per heavy atom. The van der Waals surface area contributed by atoms with E-state index in [0.29, 0.717) is 24.8 Å². The number of nitrogens with zero attached hydrogens (tertiary/aromatic N) is 3. The number of methoxy groups -OCH3 is 1. The lowest BCUT2D eigenvalue weighted by molar-refractivity contribution is -0.145. The first-order chi connectivity index (χ1) is 12.0. The number of benzene rings is 1. The van der Waals surface area contributed by atoms with Crippen LogP contribution < -0.4 is 0 Å². The monoisotopic (exact) mass is 363 g/mol. The SMILES string of the molecule is CCN(Cc1c(C)nn(Cc2ccccc2)c1Cl)CC(C)C(=O)OC. The lowest BCUT2D eigenvalue weighted by Gasteiger charge is -2.23. The molecular formula is C19H26ClN3O2. The Labute approximate surface area is 154 Å². The molecule has 25 heavy (non-hydrogen) atoms. The fourth-order valence-corrected chi connectivity index (χ4v) is 3.12. The maximum absolute atomic E-state index is 11.7. The Kier molecular flexibility index (Phi) is 7.02. The number of ether oxygens (including phenoxy) is 1. The topological polar surface area (TPSA) is 47.4 Å². The molecule has 6 heteroatoms. The summed E-state index contributed by atoms with van der Waals surface area (Å²) in [4.78, 5) is 13.9. The lowest BCUT2D eigenvalue weighted by Crippen LogP contribution is -2.32. The molecule has 0 amide bonds. The molecule has 136 valence electrons. The summed E-state index contributed by atoms with van der Waals surface area (Å²) >= 11 is 6.59. The van der Waals surface area contributed by atoms with Crippen LogP contribution in [0.5, 0.6) is 0 Å². The Morgan fingerprint density at radius 2 is 2.04 bits per heavy atom. The van der Waals surface area contributed by atoms with E-state index in [1.807, 2.05) is 36.7 Å². The van der Waals surface area contributed by atoms with E-state index < -0.39 is 0 Å². The van der Waals surface area contributed by atoms with Crippen molar-refractivity contribution in [1.29, 1.82) is 0 Å². The van der Waals surface area contributed by atoms with Crippen LogP contribution in [0.25, 0.3) is 0 Å². The van der Waals surface area contributed by atoms with E-state index in [2.05, 4.69) is 29.1 Å². The van der Waals surface area contributed by atoms with E-state index in [0.717, 1.165) is 23.4 Å². The maximum Gasteiger partial charge on any atom is 0.309 e. The van der Waals surface area contributed by atoms with Crippen LogP contribution in [0.1, 0.15) is 30.7 Å². The van der Waals surface area contributed by atoms with E-state index in [4.69, 9.17) is 16.3 Å². The van der Waals surface area contributed by atoms with Crippen LogP contribution in [0.3, 0.4) is 0 Å². The molecule has 0 spiro atoms. The summed E-state index contributed by atoms with van der Waals surface area (Å²) in [7, 11) is 1.42. The van der Waals surface area contributed by atoms with E-state index in [1.54, 1.807) is 0 Å². The average molecular weight is 364 g/mol. The first-order valence-corrected chi connectivity index (χ1v) is 8.89. The number of carbonyl (C=O) groups excluding carboxylic acids is 1. The predicted molar refractivity (Wildman–Crippen MR) is 99.6 cm³/mol. The summed E-state index contributed by atoms with van der Waals surface area (Å²) in [5.74, 6) is -0.371. The van der Waals surface area contributed by atoms with Crippen molar-refractivity contribution in [3.8, 4) is 0 Å². The average Bonchev–Trinajstić information content (AvgIpc) is 2.88. The van der Waals surface area contributed by atoms with Crippen LogP contribution in [-0.2, 0) is 22.6 Å². The van der Waals surface area contributed by atoms with Gasteiger partial charge in [-0.25, -0.2) is 4.68 Å². The van der Waals surface area contributed by atoms with Gasteiger partial charge in [0.05, 0.1) is 25.3 Å². The highest BCUT2D eigenvalue weighted by molar-refractivity contribution is 6.30. The zero-order valence-electron chi connectivity index (χ0n) is 15.3. The third kappa shape index (κ3) is 5.06. The number of hydrogen-bond acceptors (Lipinski definition) is 4. The zero-order valence-corrected chi connectivity index (χ0v) is 16.1. The van der Waals surface area contributed by atoms with Crippen LogP contribution in [0.15, 0.2) is 30.3 Å². The highest BCUT2D eigenvalue weighted by Crippen LogP contribution is 2.23. The molecule has 2 aromatic rings. The second-order valence-corrected chi connectivity index (χ2v) is 6.61. The van der Waals surface area contributed by atoms with Gasteiger partial charge in [-0.05, 0) is 19.0 Å². The number of aromatic nitrogens is 2. The summed E-state index contributed by atoms with van der Waals surface area (Å²) in [6.07, 6.45) is 0. The summed E-state index contributed by atoms with van der Waals surface area (Å²) in [6, 6.07) is 10.1. The molecule has 0 aliphatic heterocycles. The predicted octanol–water partition coefficient (Wildman–Crippen LogP) is 3.52. The van der Waals surface area contributed by atoms with E-state index >= 15 is 0 Å². The fraction of sp³-hybridized carbons (Fsp3) is 0.474. The van der Waals surface area contributed by atoms with Crippen molar-refractivity contribution in [1.82, 2.24) is 14.7 Å². The fourth-order valence-electron chi connectivity index (χ4n) is 2.82. The molecule has 0 aliphatic carbocycles. The van der Waals surface area contributed by atoms with Crippen LogP contribution in [0, 0.1) is 12.8 Å². The molecule has 1 unspecified atom stereocenters. The van der Waals surface area contributed by atoms with Crippen molar-refractivity contribution in [2.45, 2.75) is 33.9 Å². The molecule has 5 nitrogen and oxygen atoms in total. The summed E-state index contributed by atoms with van der Waals surface area (Å²) in [6.45, 7) is 8.68. The molecule has 2 rings (SSSR count). The molecule has 0 radical (unpaired) electrons. The van der Waals surface area contributed by atoms with Gasteiger partial charge in [0.2, 0.25) is 0 Å². The smallest absolute Gasteiger partial charge is 0.309 e. The Morgan fingerprint density at radius 1 is 1.36 bits per heavy atom. The molecule has 0 bridgehead atoms. The van der Waals surface area contributed by atoms with Gasteiger partial charge in [0.1, 0.15) is 5.15 Å². The van der Waals surface area contributed by atoms with Gasteiger partial charge in [0.15, 0.2) is 0 Å². The maximum atomic E-state index is 11.7. The van der Waals surface area contributed by atoms with Crippen molar-refractivity contribution in [2.75, 3.05) is 20.2 Å². The quantitative estimate of drug-likeness (QED) is 0.673. The largest absolute Gasteiger partial charge is 0.469 e. The molecule has 0 aliphatic rings. The highest BCUT2D eigenvalue weighted by Gasteiger charge is 2.20. The number of carbonyl (C=O) groups is 1. The lowest BCUT2D eigenvalue weighted by atomic mass is 10.1. The number of aryl methyl sites for hydroxylation is 1. The van der Waals surface area contributed by atoms with Crippen molar-refractivity contribution < 1.29 is 9.53 Å². The molecule has 1 atom stereocenters. The Hall–Kier alpha value is -1.85. The first-order valence-electron chi connectivity index (χ1n) is 8.52. The summed E-state index contributed by atoms with van der Waals surface area (Å²) in [5.41, 5.74) is 3.09. The molecule has 0 saturated carbocycles. The van der Waals surface area contributed by atoms with Gasteiger partial charge in [-0.3, -0.25) is 9.69 Å². The molecule has 0 fully saturated rings. The summed E-state index contributed by atoms with van der Waals surface area (Å²) < 4.78 is 6.65. The van der Waals surface area contributed by atoms with Crippen LogP contribution in [0.4, 0.5) is 0 Å². The second kappa shape index (κ2) is 9.02. The molecule has 1 aromatic carbocycles. The molecule has 1 aromatic heterocycles. The van der Waals surface area contributed by atoms with E-state index in [1.165, 1.54) is 7.11 Å². The van der Waals surface area contributed by atoms with Gasteiger partial charge in [-0.2, -0.15) is 5.10 Å². The van der Waals surface area contributed by atoms with E-state index in [-0.39, 0.29) is 11.9 Å². The molecule has 1 heterocycles. The number of esters is 1. The molecule has 0 N–H and O–H groups in total. The normalized spacial score (nSPS) is 12.4. The minimum atomic E-state index is -0.193. The number of rotatable bonds is 8. The first kappa shape index (κ1) is 19.5. The van der Waals surface area contributed by atoms with Gasteiger partial charge < -0.3 is 4.74 Å². The third-order valence-corrected chi connectivity index (χ3v) is 4.75. The summed E-state index contributed by atoms with van der Waals surface area (Å²) in [5, 5.41) is 5.25. The van der Waals surface area contributed by atoms with Crippen molar-refractivity contribution in [3.63, 3.8) is 0 Å². The second-order valence-electron chi connectivity index (χ2n) is 6.25. The number of halogens is 1. The van der Waals surface area contributed by atoms with Gasteiger partial charge in [0, 0.05) is 18.7 Å². The molecule has 0 saturated heterocycles. The van der Waals surface area contributed by atoms with Gasteiger partial charge in [0.25, 0.3) is 0 Å². The van der Waals surface area contributed by atoms with Crippen molar-refractivity contribution >= 4 is 17.6 Å². The highest BCUT2D eigenvalue weighted by atomic mass is 35.5. The molecular weight excluding hydrogens is 338 g/mol. The van der Waals surface area contributed by atoms with Gasteiger partial charge in [-0.1, -0.05) is 55.8 Å². The van der Waals surface area contributed by atoms with Gasteiger partial charge >= 0.3 is 5.97 Å². The number of hydrogen-bond donors (Lipinski definition) is 0. The van der Waals surface area contributed by atoms with Gasteiger partial charge in [-0.15, -0.1) is 0 Å².